The van der Waals surface area contributed by atoms with Crippen molar-refractivity contribution in [3.8, 4) is 0 Å². The zero-order valence-corrected chi connectivity index (χ0v) is 15.5. The number of aliphatic hydroxyl groups is 1. The molecule has 4 N–H and O–H groups in total. The van der Waals surface area contributed by atoms with Crippen LogP contribution in [0.15, 0.2) is 24.3 Å². The van der Waals surface area contributed by atoms with Crippen LogP contribution in [0.3, 0.4) is 0 Å². The van der Waals surface area contributed by atoms with Crippen molar-refractivity contribution in [1.82, 2.24) is 5.32 Å². The summed E-state index contributed by atoms with van der Waals surface area (Å²) in [6, 6.07) is 7.05. The number of hydrogen-bond acceptors (Lipinski definition) is 3. The van der Waals surface area contributed by atoms with Gasteiger partial charge in [-0.05, 0) is 49.8 Å². The molecule has 1 aliphatic rings. The maximum absolute atomic E-state index is 12.4. The van der Waals surface area contributed by atoms with E-state index in [1.54, 1.807) is 6.92 Å². The molecular weight excluding hydrogens is 324 g/mol. The van der Waals surface area contributed by atoms with E-state index in [4.69, 9.17) is 17.3 Å². The minimum atomic E-state index is -0.901. The Morgan fingerprint density at radius 2 is 1.88 bits per heavy atom. The van der Waals surface area contributed by atoms with E-state index in [0.29, 0.717) is 10.9 Å². The van der Waals surface area contributed by atoms with Gasteiger partial charge in [-0.3, -0.25) is 4.79 Å². The first-order valence-electron chi connectivity index (χ1n) is 8.76. The van der Waals surface area contributed by atoms with Crippen LogP contribution in [0.2, 0.25) is 5.02 Å². The van der Waals surface area contributed by atoms with Crippen molar-refractivity contribution >= 4 is 17.5 Å². The molecule has 0 heterocycles. The molecule has 24 heavy (non-hydrogen) atoms. The highest BCUT2D eigenvalue weighted by Gasteiger charge is 2.46. The number of halogens is 1. The summed E-state index contributed by atoms with van der Waals surface area (Å²) in [6.07, 6.45) is 3.24. The van der Waals surface area contributed by atoms with Gasteiger partial charge in [-0.25, -0.2) is 0 Å². The van der Waals surface area contributed by atoms with Gasteiger partial charge in [0.1, 0.15) is 6.04 Å². The third-order valence-corrected chi connectivity index (χ3v) is 5.43. The van der Waals surface area contributed by atoms with Crippen LogP contribution in [-0.2, 0) is 10.2 Å². The molecule has 0 spiro atoms. The van der Waals surface area contributed by atoms with Crippen LogP contribution >= 0.6 is 11.6 Å². The van der Waals surface area contributed by atoms with E-state index < -0.39 is 12.1 Å². The molecule has 3 atom stereocenters. The number of nitrogens with two attached hydrogens (primary N) is 1. The Morgan fingerprint density at radius 1 is 1.29 bits per heavy atom. The van der Waals surface area contributed by atoms with E-state index in [1.807, 2.05) is 12.1 Å². The van der Waals surface area contributed by atoms with Gasteiger partial charge in [0.15, 0.2) is 0 Å². The molecule has 0 aliphatic heterocycles. The average Bonchev–Trinajstić information content (AvgIpc) is 2.46. The van der Waals surface area contributed by atoms with Crippen LogP contribution in [0.5, 0.6) is 0 Å². The van der Waals surface area contributed by atoms with Crippen molar-refractivity contribution in [1.29, 1.82) is 0 Å². The number of rotatable bonds is 7. The van der Waals surface area contributed by atoms with Crippen LogP contribution in [0, 0.1) is 5.92 Å². The molecule has 1 saturated carbocycles. The molecule has 1 fully saturated rings. The number of carbonyl (C=O) groups is 1. The third-order valence-electron chi connectivity index (χ3n) is 5.18. The lowest BCUT2D eigenvalue weighted by Gasteiger charge is -2.49. The molecule has 3 unspecified atom stereocenters. The maximum atomic E-state index is 12.4. The zero-order valence-electron chi connectivity index (χ0n) is 14.8. The SMILES string of the molecule is CC(C)CC(NC(=O)C(N)C(C)O)C1(c2ccc(Cl)cc2)CCC1. The summed E-state index contributed by atoms with van der Waals surface area (Å²) in [4.78, 5) is 12.4. The second-order valence-corrected chi connectivity index (χ2v) is 7.91. The van der Waals surface area contributed by atoms with Gasteiger partial charge >= 0.3 is 0 Å². The van der Waals surface area contributed by atoms with Gasteiger partial charge < -0.3 is 16.2 Å². The summed E-state index contributed by atoms with van der Waals surface area (Å²) in [5, 5.41) is 13.5. The summed E-state index contributed by atoms with van der Waals surface area (Å²) < 4.78 is 0. The highest BCUT2D eigenvalue weighted by atomic mass is 35.5. The smallest absolute Gasteiger partial charge is 0.239 e. The number of benzene rings is 1. The first kappa shape index (κ1) is 19.2. The van der Waals surface area contributed by atoms with E-state index in [-0.39, 0.29) is 17.4 Å². The van der Waals surface area contributed by atoms with E-state index in [0.717, 1.165) is 25.7 Å². The molecule has 1 aromatic rings. The molecule has 1 aromatic carbocycles. The average molecular weight is 353 g/mol. The summed E-state index contributed by atoms with van der Waals surface area (Å²) in [5.41, 5.74) is 6.97. The predicted octanol–water partition coefficient (Wildman–Crippen LogP) is 3.00. The Bertz CT molecular complexity index is 553. The Morgan fingerprint density at radius 3 is 2.29 bits per heavy atom. The summed E-state index contributed by atoms with van der Waals surface area (Å²) >= 11 is 6.03. The van der Waals surface area contributed by atoms with Crippen molar-refractivity contribution < 1.29 is 9.90 Å². The molecule has 0 bridgehead atoms. The number of hydrogen-bond donors (Lipinski definition) is 3. The Kier molecular flexibility index (Phi) is 6.29. The van der Waals surface area contributed by atoms with E-state index in [2.05, 4.69) is 31.3 Å². The molecule has 134 valence electrons. The lowest BCUT2D eigenvalue weighted by atomic mass is 9.58. The number of amides is 1. The summed E-state index contributed by atoms with van der Waals surface area (Å²) in [5.74, 6) is 0.165. The molecule has 1 aliphatic carbocycles. The van der Waals surface area contributed by atoms with Crippen LogP contribution in [0.4, 0.5) is 0 Å². The topological polar surface area (TPSA) is 75.4 Å². The van der Waals surface area contributed by atoms with Crippen molar-refractivity contribution in [3.63, 3.8) is 0 Å². The lowest BCUT2D eigenvalue weighted by molar-refractivity contribution is -0.126. The first-order valence-corrected chi connectivity index (χ1v) is 9.14. The van der Waals surface area contributed by atoms with Gasteiger partial charge in [-0.2, -0.15) is 0 Å². The van der Waals surface area contributed by atoms with Crippen molar-refractivity contribution in [2.75, 3.05) is 0 Å². The Balaban J connectivity index is 2.27. The monoisotopic (exact) mass is 352 g/mol. The highest BCUT2D eigenvalue weighted by Crippen LogP contribution is 2.48. The van der Waals surface area contributed by atoms with Crippen molar-refractivity contribution in [2.45, 2.75) is 70.1 Å². The number of carbonyl (C=O) groups excluding carboxylic acids is 1. The van der Waals surface area contributed by atoms with Crippen molar-refractivity contribution in [2.24, 2.45) is 11.7 Å². The van der Waals surface area contributed by atoms with Crippen LogP contribution in [-0.4, -0.2) is 29.2 Å². The Labute approximate surface area is 149 Å². The van der Waals surface area contributed by atoms with Crippen molar-refractivity contribution in [3.05, 3.63) is 34.9 Å². The second-order valence-electron chi connectivity index (χ2n) is 7.47. The number of aliphatic hydroxyl groups excluding tert-OH is 1. The van der Waals surface area contributed by atoms with Gasteiger partial charge in [0, 0.05) is 16.5 Å². The Hall–Kier alpha value is -1.10. The van der Waals surface area contributed by atoms with E-state index >= 15 is 0 Å². The molecule has 0 aromatic heterocycles. The minimum Gasteiger partial charge on any atom is -0.391 e. The molecule has 0 radical (unpaired) electrons. The fourth-order valence-corrected chi connectivity index (χ4v) is 3.68. The standard InChI is InChI=1S/C19H29ClN2O2/c1-12(2)11-16(22-18(24)17(21)13(3)23)19(9-4-10-19)14-5-7-15(20)8-6-14/h5-8,12-13,16-17,23H,4,9-11,21H2,1-3H3,(H,22,24). The van der Waals surface area contributed by atoms with Gasteiger partial charge in [0.2, 0.25) is 5.91 Å². The quantitative estimate of drug-likeness (QED) is 0.706. The molecule has 1 amide bonds. The van der Waals surface area contributed by atoms with Gasteiger partial charge in [-0.15, -0.1) is 0 Å². The van der Waals surface area contributed by atoms with Gasteiger partial charge in [0.05, 0.1) is 6.10 Å². The lowest BCUT2D eigenvalue weighted by Crippen LogP contribution is -2.59. The van der Waals surface area contributed by atoms with Gasteiger partial charge in [0.25, 0.3) is 0 Å². The zero-order chi connectivity index (χ0) is 17.9. The van der Waals surface area contributed by atoms with Crippen LogP contribution < -0.4 is 11.1 Å². The largest absolute Gasteiger partial charge is 0.391 e. The maximum Gasteiger partial charge on any atom is 0.239 e. The molecule has 5 heteroatoms. The van der Waals surface area contributed by atoms with E-state index in [1.165, 1.54) is 5.56 Å². The molecule has 4 nitrogen and oxygen atoms in total. The number of nitrogens with one attached hydrogen (secondary N) is 1. The summed E-state index contributed by atoms with van der Waals surface area (Å²) in [6.45, 7) is 5.85. The second kappa shape index (κ2) is 7.85. The highest BCUT2D eigenvalue weighted by molar-refractivity contribution is 6.30. The third kappa shape index (κ3) is 4.11. The first-order chi connectivity index (χ1) is 11.3. The normalized spacial score (nSPS) is 20.1. The van der Waals surface area contributed by atoms with Crippen LogP contribution in [0.1, 0.15) is 52.0 Å². The fourth-order valence-electron chi connectivity index (χ4n) is 3.56. The fraction of sp³-hybridized carbons (Fsp3) is 0.632. The summed E-state index contributed by atoms with van der Waals surface area (Å²) in [7, 11) is 0. The molecule has 2 rings (SSSR count). The van der Waals surface area contributed by atoms with Gasteiger partial charge in [-0.1, -0.05) is 44.0 Å². The molecule has 0 saturated heterocycles. The molecular formula is C19H29ClN2O2. The predicted molar refractivity (Wildman–Crippen MR) is 98.0 cm³/mol. The van der Waals surface area contributed by atoms with Crippen LogP contribution in [0.25, 0.3) is 0 Å². The minimum absolute atomic E-state index is 0.00438. The van der Waals surface area contributed by atoms with E-state index in [9.17, 15) is 9.90 Å².